The molecule has 0 N–H and O–H groups in total. The van der Waals surface area contributed by atoms with Crippen LogP contribution in [-0.2, 0) is 0 Å². The number of hydrogen-bond acceptors (Lipinski definition) is 1. The third-order valence-corrected chi connectivity index (χ3v) is 1.52. The molecule has 1 rings (SSSR count). The van der Waals surface area contributed by atoms with Gasteiger partial charge in [0.2, 0.25) is 0 Å². The van der Waals surface area contributed by atoms with E-state index in [1.165, 1.54) is 0 Å². The molecule has 0 aliphatic carbocycles. The highest BCUT2D eigenvalue weighted by atomic mass is 16.1. The summed E-state index contributed by atoms with van der Waals surface area (Å²) in [6, 6.07) is 5.06. The van der Waals surface area contributed by atoms with Crippen molar-refractivity contribution < 1.29 is 4.79 Å². The SMILES string of the molecule is C#Cc1cccc(C=O)c1C#C. The van der Waals surface area contributed by atoms with E-state index in [2.05, 4.69) is 11.8 Å². The second kappa shape index (κ2) is 3.42. The summed E-state index contributed by atoms with van der Waals surface area (Å²) in [5.41, 5.74) is 1.55. The van der Waals surface area contributed by atoms with Crippen molar-refractivity contribution in [1.29, 1.82) is 0 Å². The molecule has 0 aliphatic heterocycles. The van der Waals surface area contributed by atoms with Gasteiger partial charge in [-0.1, -0.05) is 24.0 Å². The Morgan fingerprint density at radius 1 is 1.25 bits per heavy atom. The molecule has 0 fully saturated rings. The first-order valence-corrected chi connectivity index (χ1v) is 3.35. The average Bonchev–Trinajstić information content (AvgIpc) is 2.16. The van der Waals surface area contributed by atoms with E-state index < -0.39 is 0 Å². The van der Waals surface area contributed by atoms with Crippen LogP contribution in [0.5, 0.6) is 0 Å². The predicted octanol–water partition coefficient (Wildman–Crippen LogP) is 1.46. The second-order valence-corrected chi connectivity index (χ2v) is 2.18. The monoisotopic (exact) mass is 154 g/mol. The van der Waals surface area contributed by atoms with E-state index in [-0.39, 0.29) is 0 Å². The van der Waals surface area contributed by atoms with Gasteiger partial charge in [0, 0.05) is 11.1 Å². The van der Waals surface area contributed by atoms with Gasteiger partial charge in [-0.25, -0.2) is 0 Å². The van der Waals surface area contributed by atoms with Gasteiger partial charge in [0.1, 0.15) is 0 Å². The van der Waals surface area contributed by atoms with Crippen LogP contribution >= 0.6 is 0 Å². The van der Waals surface area contributed by atoms with Crippen LogP contribution in [0, 0.1) is 24.7 Å². The van der Waals surface area contributed by atoms with Gasteiger partial charge in [0.15, 0.2) is 6.29 Å². The lowest BCUT2D eigenvalue weighted by atomic mass is 10.0. The van der Waals surface area contributed by atoms with Gasteiger partial charge in [-0.15, -0.1) is 12.8 Å². The van der Waals surface area contributed by atoms with Gasteiger partial charge in [0.05, 0.1) is 5.56 Å². The Bertz CT molecular complexity index is 388. The first kappa shape index (κ1) is 8.11. The summed E-state index contributed by atoms with van der Waals surface area (Å²) in [4.78, 5) is 10.5. The summed E-state index contributed by atoms with van der Waals surface area (Å²) in [6.07, 6.45) is 11.1. The van der Waals surface area contributed by atoms with E-state index in [0.717, 1.165) is 0 Å². The highest BCUT2D eigenvalue weighted by Crippen LogP contribution is 2.10. The lowest BCUT2D eigenvalue weighted by molar-refractivity contribution is 0.112. The summed E-state index contributed by atoms with van der Waals surface area (Å²) in [5.74, 6) is 4.81. The number of carbonyl (C=O) groups is 1. The topological polar surface area (TPSA) is 17.1 Å². The van der Waals surface area contributed by atoms with Gasteiger partial charge in [-0.3, -0.25) is 4.79 Å². The Morgan fingerprint density at radius 2 is 2.00 bits per heavy atom. The summed E-state index contributed by atoms with van der Waals surface area (Å²) in [6.45, 7) is 0. The smallest absolute Gasteiger partial charge is 0.151 e. The molecule has 0 aromatic heterocycles. The fourth-order valence-corrected chi connectivity index (χ4v) is 0.950. The maximum atomic E-state index is 10.5. The van der Waals surface area contributed by atoms with Crippen molar-refractivity contribution in [2.75, 3.05) is 0 Å². The molecule has 1 aromatic rings. The van der Waals surface area contributed by atoms with E-state index in [4.69, 9.17) is 12.8 Å². The van der Waals surface area contributed by atoms with Crippen LogP contribution in [0.1, 0.15) is 21.5 Å². The van der Waals surface area contributed by atoms with Gasteiger partial charge < -0.3 is 0 Å². The van der Waals surface area contributed by atoms with Crippen LogP contribution in [0.15, 0.2) is 18.2 Å². The third-order valence-electron chi connectivity index (χ3n) is 1.52. The molecule has 1 heteroatoms. The van der Waals surface area contributed by atoms with Crippen molar-refractivity contribution in [3.63, 3.8) is 0 Å². The molecule has 0 spiro atoms. The molecule has 56 valence electrons. The highest BCUT2D eigenvalue weighted by molar-refractivity contribution is 5.81. The Hall–Kier alpha value is -1.99. The zero-order valence-electron chi connectivity index (χ0n) is 6.37. The molecule has 1 nitrogen and oxygen atoms in total. The molecule has 1 aromatic carbocycles. The fraction of sp³-hybridized carbons (Fsp3) is 0. The van der Waals surface area contributed by atoms with Gasteiger partial charge in [-0.05, 0) is 6.07 Å². The van der Waals surface area contributed by atoms with E-state index in [9.17, 15) is 4.79 Å². The molecular formula is C11H6O. The zero-order chi connectivity index (χ0) is 8.97. The highest BCUT2D eigenvalue weighted by Gasteiger charge is 2.01. The lowest BCUT2D eigenvalue weighted by Crippen LogP contribution is -1.90. The van der Waals surface area contributed by atoms with E-state index in [0.29, 0.717) is 23.0 Å². The average molecular weight is 154 g/mol. The van der Waals surface area contributed by atoms with Crippen LogP contribution in [-0.4, -0.2) is 6.29 Å². The molecule has 0 radical (unpaired) electrons. The number of benzene rings is 1. The maximum absolute atomic E-state index is 10.5. The minimum Gasteiger partial charge on any atom is -0.298 e. The molecule has 0 bridgehead atoms. The van der Waals surface area contributed by atoms with Crippen LogP contribution in [0.25, 0.3) is 0 Å². The van der Waals surface area contributed by atoms with Crippen molar-refractivity contribution in [2.45, 2.75) is 0 Å². The molecule has 0 saturated carbocycles. The normalized spacial score (nSPS) is 8.17. The summed E-state index contributed by atoms with van der Waals surface area (Å²) in [7, 11) is 0. The zero-order valence-corrected chi connectivity index (χ0v) is 6.37. The fourth-order valence-electron chi connectivity index (χ4n) is 0.950. The molecule has 0 aliphatic rings. The number of aldehydes is 1. The van der Waals surface area contributed by atoms with E-state index in [1.807, 2.05) is 0 Å². The third kappa shape index (κ3) is 1.21. The first-order chi connectivity index (χ1) is 5.83. The molecule has 12 heavy (non-hydrogen) atoms. The molecule has 0 unspecified atom stereocenters. The minimum absolute atomic E-state index is 0.466. The Labute approximate surface area is 71.4 Å². The summed E-state index contributed by atoms with van der Waals surface area (Å²) in [5, 5.41) is 0. The number of terminal acetylenes is 2. The summed E-state index contributed by atoms with van der Waals surface area (Å²) >= 11 is 0. The van der Waals surface area contributed by atoms with Crippen LogP contribution < -0.4 is 0 Å². The number of hydrogen-bond donors (Lipinski definition) is 0. The molecule has 0 atom stereocenters. The molecular weight excluding hydrogens is 148 g/mol. The Balaban J connectivity index is 3.47. The standard InChI is InChI=1S/C11H6O/c1-3-9-6-5-7-10(8-12)11(9)4-2/h1-2,5-8H. The summed E-state index contributed by atoms with van der Waals surface area (Å²) < 4.78 is 0. The Kier molecular flexibility index (Phi) is 2.31. The number of carbonyl (C=O) groups excluding carboxylic acids is 1. The maximum Gasteiger partial charge on any atom is 0.151 e. The van der Waals surface area contributed by atoms with E-state index in [1.54, 1.807) is 18.2 Å². The predicted molar refractivity (Wildman–Crippen MR) is 47.7 cm³/mol. The van der Waals surface area contributed by atoms with E-state index >= 15 is 0 Å². The minimum atomic E-state index is 0.466. The van der Waals surface area contributed by atoms with Crippen LogP contribution in [0.2, 0.25) is 0 Å². The van der Waals surface area contributed by atoms with Crippen molar-refractivity contribution >= 4 is 6.29 Å². The first-order valence-electron chi connectivity index (χ1n) is 3.35. The second-order valence-electron chi connectivity index (χ2n) is 2.18. The van der Waals surface area contributed by atoms with Gasteiger partial charge in [-0.2, -0.15) is 0 Å². The lowest BCUT2D eigenvalue weighted by Gasteiger charge is -1.98. The van der Waals surface area contributed by atoms with Crippen molar-refractivity contribution in [3.8, 4) is 24.7 Å². The molecule has 0 saturated heterocycles. The Morgan fingerprint density at radius 3 is 2.50 bits per heavy atom. The van der Waals surface area contributed by atoms with Gasteiger partial charge >= 0.3 is 0 Å². The molecule has 0 heterocycles. The largest absolute Gasteiger partial charge is 0.298 e. The van der Waals surface area contributed by atoms with Crippen LogP contribution in [0.4, 0.5) is 0 Å². The van der Waals surface area contributed by atoms with Crippen molar-refractivity contribution in [2.24, 2.45) is 0 Å². The van der Waals surface area contributed by atoms with Crippen molar-refractivity contribution in [3.05, 3.63) is 34.9 Å². The number of rotatable bonds is 1. The van der Waals surface area contributed by atoms with Crippen molar-refractivity contribution in [1.82, 2.24) is 0 Å². The molecule has 0 amide bonds. The van der Waals surface area contributed by atoms with Crippen LogP contribution in [0.3, 0.4) is 0 Å². The quantitative estimate of drug-likeness (QED) is 0.442. The van der Waals surface area contributed by atoms with Gasteiger partial charge in [0.25, 0.3) is 0 Å².